The number of hydrogen-bond donors (Lipinski definition) is 0. The predicted molar refractivity (Wildman–Crippen MR) is 58.6 cm³/mol. The van der Waals surface area contributed by atoms with Crippen molar-refractivity contribution in [2.45, 2.75) is 18.4 Å². The van der Waals surface area contributed by atoms with Crippen molar-refractivity contribution in [3.05, 3.63) is 12.2 Å². The van der Waals surface area contributed by atoms with E-state index in [9.17, 15) is 8.42 Å². The molecular weight excluding hydrogens is 216 g/mol. The summed E-state index contributed by atoms with van der Waals surface area (Å²) in [6.45, 7) is 1.33. The van der Waals surface area contributed by atoms with Gasteiger partial charge in [0.1, 0.15) is 0 Å². The van der Waals surface area contributed by atoms with Crippen LogP contribution in [0.4, 0.5) is 0 Å². The van der Waals surface area contributed by atoms with Gasteiger partial charge in [0.25, 0.3) is 0 Å². The Morgan fingerprint density at radius 3 is 2.47 bits per heavy atom. The van der Waals surface area contributed by atoms with E-state index in [0.717, 1.165) is 12.8 Å². The molecule has 0 saturated carbocycles. The summed E-state index contributed by atoms with van der Waals surface area (Å²) in [4.78, 5) is 0. The lowest BCUT2D eigenvalue weighted by Crippen LogP contribution is -2.36. The average Bonchev–Trinajstić information content (AvgIpc) is 2.17. The fourth-order valence-corrected chi connectivity index (χ4v) is 2.04. The minimum Gasteiger partial charge on any atom is -0.381 e. The normalized spacial score (nSPS) is 22.0. The van der Waals surface area contributed by atoms with Crippen molar-refractivity contribution in [3.8, 4) is 0 Å². The van der Waals surface area contributed by atoms with Gasteiger partial charge in [-0.3, -0.25) is 0 Å². The highest BCUT2D eigenvalue weighted by Crippen LogP contribution is 2.25. The quantitative estimate of drug-likeness (QED) is 0.675. The molecule has 0 radical (unpaired) electrons. The van der Waals surface area contributed by atoms with Gasteiger partial charge in [-0.1, -0.05) is 12.2 Å². The maximum absolute atomic E-state index is 10.9. The molecule has 4 nitrogen and oxygen atoms in total. The minimum absolute atomic E-state index is 0.0684. The van der Waals surface area contributed by atoms with E-state index in [-0.39, 0.29) is 11.4 Å². The fourth-order valence-electron chi connectivity index (χ4n) is 1.59. The molecule has 1 heterocycles. The zero-order valence-corrected chi connectivity index (χ0v) is 10.0. The van der Waals surface area contributed by atoms with Crippen LogP contribution in [0.1, 0.15) is 12.8 Å². The van der Waals surface area contributed by atoms with Crippen LogP contribution in [0, 0.1) is 0 Å². The van der Waals surface area contributed by atoms with E-state index in [2.05, 4.69) is 0 Å². The Morgan fingerprint density at radius 2 is 2.00 bits per heavy atom. The molecule has 5 heteroatoms. The molecule has 0 aromatic carbocycles. The first-order chi connectivity index (χ1) is 6.97. The van der Waals surface area contributed by atoms with E-state index >= 15 is 0 Å². The van der Waals surface area contributed by atoms with Gasteiger partial charge in [0, 0.05) is 39.4 Å². The molecule has 0 N–H and O–H groups in total. The summed E-state index contributed by atoms with van der Waals surface area (Å²) in [5, 5.41) is 0. The van der Waals surface area contributed by atoms with Crippen molar-refractivity contribution in [3.63, 3.8) is 0 Å². The smallest absolute Gasteiger partial charge is 0.150 e. The molecule has 1 rings (SSSR count). The van der Waals surface area contributed by atoms with Crippen LogP contribution in [0.25, 0.3) is 0 Å². The zero-order valence-electron chi connectivity index (χ0n) is 9.23. The molecule has 0 aliphatic carbocycles. The summed E-state index contributed by atoms with van der Waals surface area (Å²) in [5.74, 6) is 0.0684. The molecule has 88 valence electrons. The van der Waals surface area contributed by atoms with Gasteiger partial charge in [0.05, 0.1) is 11.4 Å². The van der Waals surface area contributed by atoms with Crippen LogP contribution in [-0.2, 0) is 19.3 Å². The molecule has 0 amide bonds. The van der Waals surface area contributed by atoms with Crippen LogP contribution >= 0.6 is 0 Å². The average molecular weight is 234 g/mol. The molecule has 1 fully saturated rings. The van der Waals surface area contributed by atoms with Gasteiger partial charge in [0.15, 0.2) is 9.84 Å². The van der Waals surface area contributed by atoms with Crippen molar-refractivity contribution in [1.82, 2.24) is 0 Å². The SMILES string of the molecule is COC1(C=CCS(C)(=O)=O)CCOCC1. The summed E-state index contributed by atoms with van der Waals surface area (Å²) in [7, 11) is -1.28. The lowest BCUT2D eigenvalue weighted by Gasteiger charge is -2.33. The highest BCUT2D eigenvalue weighted by Gasteiger charge is 2.29. The summed E-state index contributed by atoms with van der Waals surface area (Å²) in [6, 6.07) is 0. The zero-order chi connectivity index (χ0) is 11.4. The largest absolute Gasteiger partial charge is 0.381 e. The Bertz CT molecular complexity index is 312. The maximum Gasteiger partial charge on any atom is 0.150 e. The predicted octanol–water partition coefficient (Wildman–Crippen LogP) is 0.783. The molecule has 0 aromatic heterocycles. The summed E-state index contributed by atoms with van der Waals surface area (Å²) in [6.07, 6.45) is 6.31. The summed E-state index contributed by atoms with van der Waals surface area (Å²) in [5.41, 5.74) is -0.330. The number of ether oxygens (including phenoxy) is 2. The maximum atomic E-state index is 10.9. The standard InChI is InChI=1S/C10H18O4S/c1-13-10(5-7-14-8-6-10)4-3-9-15(2,11)12/h3-4H,5-9H2,1-2H3. The van der Waals surface area contributed by atoms with Crippen molar-refractivity contribution in [2.75, 3.05) is 32.3 Å². The highest BCUT2D eigenvalue weighted by molar-refractivity contribution is 7.90. The van der Waals surface area contributed by atoms with Gasteiger partial charge in [0.2, 0.25) is 0 Å². The van der Waals surface area contributed by atoms with E-state index in [1.807, 2.05) is 6.08 Å². The molecule has 0 aromatic rings. The lowest BCUT2D eigenvalue weighted by molar-refractivity contribution is -0.0586. The Morgan fingerprint density at radius 1 is 1.40 bits per heavy atom. The second kappa shape index (κ2) is 5.09. The third-order valence-corrected chi connectivity index (χ3v) is 3.36. The van der Waals surface area contributed by atoms with E-state index < -0.39 is 9.84 Å². The van der Waals surface area contributed by atoms with Crippen molar-refractivity contribution in [1.29, 1.82) is 0 Å². The molecule has 0 spiro atoms. The van der Waals surface area contributed by atoms with Crippen LogP contribution in [0.15, 0.2) is 12.2 Å². The van der Waals surface area contributed by atoms with Gasteiger partial charge in [-0.05, 0) is 0 Å². The lowest BCUT2D eigenvalue weighted by atomic mass is 9.94. The number of sulfone groups is 1. The van der Waals surface area contributed by atoms with Crippen molar-refractivity contribution < 1.29 is 17.9 Å². The molecule has 0 atom stereocenters. The van der Waals surface area contributed by atoms with Gasteiger partial charge < -0.3 is 9.47 Å². The van der Waals surface area contributed by atoms with Gasteiger partial charge in [-0.2, -0.15) is 0 Å². The molecule has 15 heavy (non-hydrogen) atoms. The molecule has 0 unspecified atom stereocenters. The second-order valence-electron chi connectivity index (χ2n) is 3.88. The molecular formula is C10H18O4S. The molecule has 1 aliphatic rings. The molecule has 1 saturated heterocycles. The third kappa shape index (κ3) is 4.32. The first kappa shape index (κ1) is 12.7. The van der Waals surface area contributed by atoms with E-state index in [1.165, 1.54) is 6.26 Å². The summed E-state index contributed by atoms with van der Waals surface area (Å²) < 4.78 is 32.6. The van der Waals surface area contributed by atoms with E-state index in [0.29, 0.717) is 13.2 Å². The number of hydrogen-bond acceptors (Lipinski definition) is 4. The first-order valence-electron chi connectivity index (χ1n) is 4.96. The summed E-state index contributed by atoms with van der Waals surface area (Å²) >= 11 is 0. The Kier molecular flexibility index (Phi) is 4.31. The Balaban J connectivity index is 2.59. The van der Waals surface area contributed by atoms with Crippen LogP contribution < -0.4 is 0 Å². The number of methoxy groups -OCH3 is 1. The van der Waals surface area contributed by atoms with Crippen LogP contribution in [0.3, 0.4) is 0 Å². The van der Waals surface area contributed by atoms with Gasteiger partial charge >= 0.3 is 0 Å². The van der Waals surface area contributed by atoms with Crippen molar-refractivity contribution in [2.24, 2.45) is 0 Å². The first-order valence-corrected chi connectivity index (χ1v) is 7.02. The third-order valence-electron chi connectivity index (χ3n) is 2.57. The second-order valence-corrected chi connectivity index (χ2v) is 6.06. The Hall–Kier alpha value is -0.390. The van der Waals surface area contributed by atoms with Crippen LogP contribution in [0.5, 0.6) is 0 Å². The monoisotopic (exact) mass is 234 g/mol. The van der Waals surface area contributed by atoms with E-state index in [1.54, 1.807) is 13.2 Å². The van der Waals surface area contributed by atoms with E-state index in [4.69, 9.17) is 9.47 Å². The fraction of sp³-hybridized carbons (Fsp3) is 0.800. The topological polar surface area (TPSA) is 52.6 Å². The molecule has 0 bridgehead atoms. The van der Waals surface area contributed by atoms with Gasteiger partial charge in [-0.15, -0.1) is 0 Å². The minimum atomic E-state index is -2.93. The highest BCUT2D eigenvalue weighted by atomic mass is 32.2. The molecule has 1 aliphatic heterocycles. The van der Waals surface area contributed by atoms with Crippen LogP contribution in [-0.4, -0.2) is 46.4 Å². The Labute approximate surface area is 91.2 Å². The van der Waals surface area contributed by atoms with Gasteiger partial charge in [-0.25, -0.2) is 8.42 Å². The van der Waals surface area contributed by atoms with Crippen molar-refractivity contribution >= 4 is 9.84 Å². The number of rotatable bonds is 4. The van der Waals surface area contributed by atoms with Crippen LogP contribution in [0.2, 0.25) is 0 Å².